The molecule has 0 aromatic heterocycles. The number of carbonyl (C=O) groups is 2. The van der Waals surface area contributed by atoms with Crippen molar-refractivity contribution in [2.75, 3.05) is 6.54 Å². The lowest BCUT2D eigenvalue weighted by Crippen LogP contribution is -2.69. The van der Waals surface area contributed by atoms with Crippen LogP contribution in [0.4, 0.5) is 0 Å². The maximum absolute atomic E-state index is 12.4. The first-order chi connectivity index (χ1) is 8.31. The summed E-state index contributed by atoms with van der Waals surface area (Å²) < 4.78 is 0. The summed E-state index contributed by atoms with van der Waals surface area (Å²) in [5.74, 6) is 5.75. The summed E-state index contributed by atoms with van der Waals surface area (Å²) >= 11 is 0. The molecule has 0 radical (unpaired) electrons. The van der Waals surface area contributed by atoms with E-state index < -0.39 is 5.54 Å². The first-order valence-corrected chi connectivity index (χ1v) is 6.34. The Balaban J connectivity index is 2.97. The molecule has 1 aliphatic heterocycles. The van der Waals surface area contributed by atoms with E-state index in [0.717, 1.165) is 0 Å². The van der Waals surface area contributed by atoms with Gasteiger partial charge in [-0.3, -0.25) is 9.59 Å². The zero-order valence-corrected chi connectivity index (χ0v) is 11.8. The summed E-state index contributed by atoms with van der Waals surface area (Å²) in [5.41, 5.74) is -0.817. The second-order valence-corrected chi connectivity index (χ2v) is 5.48. The van der Waals surface area contributed by atoms with E-state index in [1.165, 1.54) is 0 Å². The lowest BCUT2D eigenvalue weighted by Gasteiger charge is -2.44. The molecule has 1 heterocycles. The highest BCUT2D eigenvalue weighted by molar-refractivity contribution is 5.99. The van der Waals surface area contributed by atoms with Crippen LogP contribution in [0.5, 0.6) is 0 Å². The molecule has 18 heavy (non-hydrogen) atoms. The highest BCUT2D eigenvalue weighted by atomic mass is 16.2. The minimum Gasteiger partial charge on any atom is -0.340 e. The SMILES string of the molecule is CC#CCCN1C(=O)C(C)(C)NC(=O)C1C(C)C. The maximum Gasteiger partial charge on any atom is 0.248 e. The van der Waals surface area contributed by atoms with E-state index in [1.54, 1.807) is 25.7 Å². The third-order valence-corrected chi connectivity index (χ3v) is 3.12. The summed E-state index contributed by atoms with van der Waals surface area (Å²) in [6.45, 7) is 9.67. The third kappa shape index (κ3) is 2.84. The number of rotatable bonds is 3. The van der Waals surface area contributed by atoms with Crippen LogP contribution in [0.1, 0.15) is 41.0 Å². The van der Waals surface area contributed by atoms with Crippen LogP contribution in [0.3, 0.4) is 0 Å². The monoisotopic (exact) mass is 250 g/mol. The number of nitrogens with zero attached hydrogens (tertiary/aromatic N) is 1. The van der Waals surface area contributed by atoms with E-state index in [2.05, 4.69) is 17.2 Å². The number of hydrogen-bond acceptors (Lipinski definition) is 2. The Kier molecular flexibility index (Phi) is 4.39. The molecule has 0 spiro atoms. The number of piperazine rings is 1. The van der Waals surface area contributed by atoms with Gasteiger partial charge in [0.25, 0.3) is 0 Å². The minimum atomic E-state index is -0.817. The Morgan fingerprint density at radius 3 is 2.50 bits per heavy atom. The van der Waals surface area contributed by atoms with E-state index in [9.17, 15) is 9.59 Å². The van der Waals surface area contributed by atoms with Gasteiger partial charge in [0.1, 0.15) is 11.6 Å². The molecule has 0 aromatic carbocycles. The standard InChI is InChI=1S/C14H22N2O2/c1-6-7-8-9-16-11(10(2)3)12(17)15-14(4,5)13(16)18/h10-11H,8-9H2,1-5H3,(H,15,17). The summed E-state index contributed by atoms with van der Waals surface area (Å²) in [7, 11) is 0. The molecule has 100 valence electrons. The summed E-state index contributed by atoms with van der Waals surface area (Å²) in [6.07, 6.45) is 0.606. The zero-order chi connectivity index (χ0) is 13.9. The van der Waals surface area contributed by atoms with Crippen LogP contribution >= 0.6 is 0 Å². The average molecular weight is 250 g/mol. The van der Waals surface area contributed by atoms with Crippen molar-refractivity contribution in [1.29, 1.82) is 0 Å². The molecule has 1 saturated heterocycles. The van der Waals surface area contributed by atoms with E-state index in [-0.39, 0.29) is 23.8 Å². The van der Waals surface area contributed by atoms with Crippen LogP contribution in [0.25, 0.3) is 0 Å². The van der Waals surface area contributed by atoms with Gasteiger partial charge in [0.15, 0.2) is 0 Å². The Hall–Kier alpha value is -1.50. The van der Waals surface area contributed by atoms with Crippen molar-refractivity contribution in [3.05, 3.63) is 0 Å². The summed E-state index contributed by atoms with van der Waals surface area (Å²) in [5, 5.41) is 2.79. The van der Waals surface area contributed by atoms with Gasteiger partial charge in [0.05, 0.1) is 0 Å². The van der Waals surface area contributed by atoms with Gasteiger partial charge in [0, 0.05) is 13.0 Å². The highest BCUT2D eigenvalue weighted by Gasteiger charge is 2.45. The van der Waals surface area contributed by atoms with E-state index in [0.29, 0.717) is 13.0 Å². The van der Waals surface area contributed by atoms with Crippen LogP contribution < -0.4 is 5.32 Å². The molecule has 1 N–H and O–H groups in total. The van der Waals surface area contributed by atoms with Gasteiger partial charge < -0.3 is 10.2 Å². The topological polar surface area (TPSA) is 49.4 Å². The van der Waals surface area contributed by atoms with Gasteiger partial charge in [-0.15, -0.1) is 11.8 Å². The Morgan fingerprint density at radius 1 is 1.39 bits per heavy atom. The predicted molar refractivity (Wildman–Crippen MR) is 70.6 cm³/mol. The van der Waals surface area contributed by atoms with E-state index in [4.69, 9.17) is 0 Å². The normalized spacial score (nSPS) is 22.6. The average Bonchev–Trinajstić information content (AvgIpc) is 2.24. The van der Waals surface area contributed by atoms with Gasteiger partial charge in [-0.2, -0.15) is 0 Å². The Labute approximate surface area is 109 Å². The number of carbonyl (C=O) groups excluding carboxylic acids is 2. The van der Waals surface area contributed by atoms with Crippen molar-refractivity contribution < 1.29 is 9.59 Å². The van der Waals surface area contributed by atoms with E-state index in [1.807, 2.05) is 13.8 Å². The lowest BCUT2D eigenvalue weighted by molar-refractivity contribution is -0.155. The minimum absolute atomic E-state index is 0.0290. The number of amides is 2. The van der Waals surface area contributed by atoms with Crippen molar-refractivity contribution in [2.24, 2.45) is 5.92 Å². The molecular formula is C14H22N2O2. The third-order valence-electron chi connectivity index (χ3n) is 3.12. The van der Waals surface area contributed by atoms with Crippen LogP contribution in [0, 0.1) is 17.8 Å². The molecule has 0 aliphatic carbocycles. The molecule has 1 aliphatic rings. The largest absolute Gasteiger partial charge is 0.340 e. The van der Waals surface area contributed by atoms with Gasteiger partial charge in [0.2, 0.25) is 11.8 Å². The Morgan fingerprint density at radius 2 is 2.00 bits per heavy atom. The van der Waals surface area contributed by atoms with Crippen LogP contribution in [-0.2, 0) is 9.59 Å². The Bertz CT molecular complexity index is 402. The first-order valence-electron chi connectivity index (χ1n) is 6.34. The summed E-state index contributed by atoms with van der Waals surface area (Å²) in [4.78, 5) is 26.1. The molecule has 0 bridgehead atoms. The molecule has 4 nitrogen and oxygen atoms in total. The molecule has 1 fully saturated rings. The van der Waals surface area contributed by atoms with E-state index >= 15 is 0 Å². The molecule has 2 amide bonds. The van der Waals surface area contributed by atoms with Gasteiger partial charge in [-0.1, -0.05) is 13.8 Å². The molecular weight excluding hydrogens is 228 g/mol. The number of nitrogens with one attached hydrogen (secondary N) is 1. The fourth-order valence-corrected chi connectivity index (χ4v) is 2.27. The van der Waals surface area contributed by atoms with Gasteiger partial charge in [-0.05, 0) is 26.7 Å². The van der Waals surface area contributed by atoms with Crippen molar-refractivity contribution in [2.45, 2.75) is 52.6 Å². The molecule has 1 unspecified atom stereocenters. The van der Waals surface area contributed by atoms with Crippen LogP contribution in [0.15, 0.2) is 0 Å². The second-order valence-electron chi connectivity index (χ2n) is 5.48. The molecule has 1 rings (SSSR count). The van der Waals surface area contributed by atoms with Crippen molar-refractivity contribution in [1.82, 2.24) is 10.2 Å². The second kappa shape index (κ2) is 5.43. The van der Waals surface area contributed by atoms with Crippen molar-refractivity contribution in [3.63, 3.8) is 0 Å². The smallest absolute Gasteiger partial charge is 0.248 e. The van der Waals surface area contributed by atoms with Crippen LogP contribution in [-0.4, -0.2) is 34.8 Å². The van der Waals surface area contributed by atoms with Crippen molar-refractivity contribution in [3.8, 4) is 11.8 Å². The van der Waals surface area contributed by atoms with Crippen molar-refractivity contribution >= 4 is 11.8 Å². The van der Waals surface area contributed by atoms with Crippen LogP contribution in [0.2, 0.25) is 0 Å². The molecule has 0 aromatic rings. The number of hydrogen-bond donors (Lipinski definition) is 1. The molecule has 1 atom stereocenters. The molecule has 4 heteroatoms. The highest BCUT2D eigenvalue weighted by Crippen LogP contribution is 2.22. The summed E-state index contributed by atoms with van der Waals surface area (Å²) in [6, 6.07) is -0.385. The fraction of sp³-hybridized carbons (Fsp3) is 0.714. The first kappa shape index (κ1) is 14.6. The fourth-order valence-electron chi connectivity index (χ4n) is 2.27. The van der Waals surface area contributed by atoms with Gasteiger partial charge >= 0.3 is 0 Å². The molecule has 0 saturated carbocycles. The lowest BCUT2D eigenvalue weighted by atomic mass is 9.91. The maximum atomic E-state index is 12.4. The quantitative estimate of drug-likeness (QED) is 0.764. The van der Waals surface area contributed by atoms with Gasteiger partial charge in [-0.25, -0.2) is 0 Å². The predicted octanol–water partition coefficient (Wildman–Crippen LogP) is 1.16. The zero-order valence-electron chi connectivity index (χ0n) is 11.8.